The first kappa shape index (κ1) is 19.8. The van der Waals surface area contributed by atoms with Gasteiger partial charge < -0.3 is 19.2 Å². The quantitative estimate of drug-likeness (QED) is 0.538. The average Bonchev–Trinajstić information content (AvgIpc) is 3.18. The minimum atomic E-state index is -0.0907. The Balaban J connectivity index is 1.48. The van der Waals surface area contributed by atoms with E-state index in [4.69, 9.17) is 13.9 Å². The van der Waals surface area contributed by atoms with E-state index >= 15 is 0 Å². The number of methoxy groups -OCH3 is 1. The van der Waals surface area contributed by atoms with Gasteiger partial charge in [-0.15, -0.1) is 10.2 Å². The zero-order valence-corrected chi connectivity index (χ0v) is 16.5. The molecular formula is C20H21N3O4S. The molecule has 1 aromatic heterocycles. The van der Waals surface area contributed by atoms with Crippen molar-refractivity contribution < 1.29 is 18.7 Å². The molecule has 0 spiro atoms. The Morgan fingerprint density at radius 1 is 1.14 bits per heavy atom. The molecule has 0 fully saturated rings. The summed E-state index contributed by atoms with van der Waals surface area (Å²) in [6.07, 6.45) is 0.322. The van der Waals surface area contributed by atoms with Gasteiger partial charge in [0.05, 0.1) is 13.7 Å². The Morgan fingerprint density at radius 3 is 2.71 bits per heavy atom. The first-order valence-electron chi connectivity index (χ1n) is 8.81. The van der Waals surface area contributed by atoms with Gasteiger partial charge in [-0.3, -0.25) is 4.79 Å². The third kappa shape index (κ3) is 5.50. The lowest BCUT2D eigenvalue weighted by Crippen LogP contribution is -2.12. The van der Waals surface area contributed by atoms with Crippen LogP contribution in [0.4, 0.5) is 5.69 Å². The summed E-state index contributed by atoms with van der Waals surface area (Å²) in [7, 11) is 1.59. The Hall–Kier alpha value is -3.00. The molecule has 0 bridgehead atoms. The van der Waals surface area contributed by atoms with Crippen molar-refractivity contribution in [2.45, 2.75) is 18.6 Å². The molecule has 0 saturated carbocycles. The molecule has 1 N–H and O–H groups in total. The number of rotatable bonds is 9. The maximum Gasteiger partial charge on any atom is 0.276 e. The van der Waals surface area contributed by atoms with Crippen molar-refractivity contribution in [1.29, 1.82) is 0 Å². The second kappa shape index (κ2) is 9.80. The monoisotopic (exact) mass is 399 g/mol. The Morgan fingerprint density at radius 2 is 1.96 bits per heavy atom. The fourth-order valence-electron chi connectivity index (χ4n) is 2.40. The maximum atomic E-state index is 12.1. The number of benzene rings is 2. The van der Waals surface area contributed by atoms with Crippen LogP contribution in [0.2, 0.25) is 0 Å². The van der Waals surface area contributed by atoms with E-state index in [1.165, 1.54) is 11.8 Å². The van der Waals surface area contributed by atoms with E-state index in [0.717, 1.165) is 11.3 Å². The van der Waals surface area contributed by atoms with Gasteiger partial charge in [0.25, 0.3) is 5.22 Å². The van der Waals surface area contributed by atoms with Crippen molar-refractivity contribution in [3.63, 3.8) is 0 Å². The van der Waals surface area contributed by atoms with Crippen molar-refractivity contribution in [3.8, 4) is 23.0 Å². The summed E-state index contributed by atoms with van der Waals surface area (Å²) in [6.45, 7) is 2.55. The molecule has 0 aliphatic carbocycles. The largest absolute Gasteiger partial charge is 0.497 e. The number of hydrogen-bond donors (Lipinski definition) is 1. The molecule has 0 atom stereocenters. The highest BCUT2D eigenvalue weighted by molar-refractivity contribution is 7.99. The minimum absolute atomic E-state index is 0.0907. The molecule has 28 heavy (non-hydrogen) atoms. The van der Waals surface area contributed by atoms with E-state index in [-0.39, 0.29) is 5.91 Å². The smallest absolute Gasteiger partial charge is 0.276 e. The van der Waals surface area contributed by atoms with E-state index < -0.39 is 0 Å². The number of nitrogens with one attached hydrogen (secondary N) is 1. The molecule has 0 aliphatic rings. The van der Waals surface area contributed by atoms with E-state index in [0.29, 0.717) is 41.3 Å². The Labute approximate surface area is 167 Å². The molecule has 0 aliphatic heterocycles. The zero-order valence-electron chi connectivity index (χ0n) is 15.7. The van der Waals surface area contributed by atoms with Gasteiger partial charge in [0.1, 0.15) is 11.5 Å². The topological polar surface area (TPSA) is 86.5 Å². The molecule has 8 heteroatoms. The summed E-state index contributed by atoms with van der Waals surface area (Å²) in [5.74, 6) is 2.36. The number of thioether (sulfide) groups is 1. The molecule has 0 radical (unpaired) electrons. The number of carbonyl (C=O) groups excluding carboxylic acids is 1. The van der Waals surface area contributed by atoms with E-state index in [1.807, 2.05) is 49.4 Å². The lowest BCUT2D eigenvalue weighted by molar-refractivity contribution is -0.115. The fraction of sp³-hybridized carbons (Fsp3) is 0.250. The van der Waals surface area contributed by atoms with Crippen LogP contribution in [0.3, 0.4) is 0 Å². The first-order chi connectivity index (χ1) is 13.7. The number of amides is 1. The second-order valence-electron chi connectivity index (χ2n) is 5.71. The van der Waals surface area contributed by atoms with Gasteiger partial charge in [0.2, 0.25) is 11.8 Å². The summed E-state index contributed by atoms with van der Waals surface area (Å²) < 4.78 is 16.2. The Kier molecular flexibility index (Phi) is 6.91. The third-order valence-electron chi connectivity index (χ3n) is 3.73. The highest BCUT2D eigenvalue weighted by atomic mass is 32.2. The number of aromatic nitrogens is 2. The zero-order chi connectivity index (χ0) is 19.8. The number of anilines is 1. The summed E-state index contributed by atoms with van der Waals surface area (Å²) in [5.41, 5.74) is 1.52. The maximum absolute atomic E-state index is 12.1. The van der Waals surface area contributed by atoms with Crippen LogP contribution in [0.25, 0.3) is 11.5 Å². The standard InChI is InChI=1S/C20H21N3O4S/c1-3-26-16-9-7-14(8-10-16)19-22-23-20(27-19)28-12-11-18(24)21-15-5-4-6-17(13-15)25-2/h4-10,13H,3,11-12H2,1-2H3,(H,21,24). The van der Waals surface area contributed by atoms with Crippen molar-refractivity contribution in [1.82, 2.24) is 10.2 Å². The molecule has 3 rings (SSSR count). The molecule has 3 aromatic rings. The van der Waals surface area contributed by atoms with Gasteiger partial charge in [-0.2, -0.15) is 0 Å². The third-order valence-corrected chi connectivity index (χ3v) is 4.55. The number of hydrogen-bond acceptors (Lipinski definition) is 7. The molecule has 0 unspecified atom stereocenters. The van der Waals surface area contributed by atoms with Crippen LogP contribution in [0, 0.1) is 0 Å². The molecule has 7 nitrogen and oxygen atoms in total. The van der Waals surface area contributed by atoms with Crippen molar-refractivity contribution >= 4 is 23.4 Å². The van der Waals surface area contributed by atoms with Gasteiger partial charge in [-0.25, -0.2) is 0 Å². The lowest BCUT2D eigenvalue weighted by atomic mass is 10.2. The molecule has 0 saturated heterocycles. The molecule has 146 valence electrons. The number of ether oxygens (including phenoxy) is 2. The fourth-order valence-corrected chi connectivity index (χ4v) is 3.10. The molecular weight excluding hydrogens is 378 g/mol. The van der Waals surface area contributed by atoms with E-state index in [2.05, 4.69) is 15.5 Å². The van der Waals surface area contributed by atoms with Crippen LogP contribution in [-0.4, -0.2) is 35.6 Å². The van der Waals surface area contributed by atoms with Crippen LogP contribution < -0.4 is 14.8 Å². The van der Waals surface area contributed by atoms with Crippen molar-refractivity contribution in [2.75, 3.05) is 24.8 Å². The molecule has 1 amide bonds. The van der Waals surface area contributed by atoms with Gasteiger partial charge in [-0.1, -0.05) is 17.8 Å². The predicted octanol–water partition coefficient (Wildman–Crippen LogP) is 4.26. The normalized spacial score (nSPS) is 10.5. The van der Waals surface area contributed by atoms with Gasteiger partial charge in [-0.05, 0) is 43.3 Å². The summed E-state index contributed by atoms with van der Waals surface area (Å²) in [6, 6.07) is 14.7. The minimum Gasteiger partial charge on any atom is -0.497 e. The number of nitrogens with zero attached hydrogens (tertiary/aromatic N) is 2. The first-order valence-corrected chi connectivity index (χ1v) is 9.80. The Bertz CT molecular complexity index is 912. The summed E-state index contributed by atoms with van der Waals surface area (Å²) >= 11 is 1.34. The second-order valence-corrected chi connectivity index (χ2v) is 6.76. The van der Waals surface area contributed by atoms with Crippen LogP contribution in [0.15, 0.2) is 58.2 Å². The van der Waals surface area contributed by atoms with Crippen LogP contribution in [0.5, 0.6) is 11.5 Å². The van der Waals surface area contributed by atoms with Crippen LogP contribution >= 0.6 is 11.8 Å². The van der Waals surface area contributed by atoms with E-state index in [9.17, 15) is 4.79 Å². The SMILES string of the molecule is CCOc1ccc(-c2nnc(SCCC(=O)Nc3cccc(OC)c3)o2)cc1. The van der Waals surface area contributed by atoms with Crippen LogP contribution in [-0.2, 0) is 4.79 Å². The number of carbonyl (C=O) groups is 1. The van der Waals surface area contributed by atoms with Gasteiger partial charge >= 0.3 is 0 Å². The summed E-state index contributed by atoms with van der Waals surface area (Å²) in [5, 5.41) is 11.3. The molecule has 2 aromatic carbocycles. The highest BCUT2D eigenvalue weighted by Crippen LogP contribution is 2.25. The van der Waals surface area contributed by atoms with E-state index in [1.54, 1.807) is 13.2 Å². The average molecular weight is 399 g/mol. The molecule has 1 heterocycles. The lowest BCUT2D eigenvalue weighted by Gasteiger charge is -2.06. The van der Waals surface area contributed by atoms with Crippen molar-refractivity contribution in [2.24, 2.45) is 0 Å². The highest BCUT2D eigenvalue weighted by Gasteiger charge is 2.11. The predicted molar refractivity (Wildman–Crippen MR) is 108 cm³/mol. The van der Waals surface area contributed by atoms with Crippen molar-refractivity contribution in [3.05, 3.63) is 48.5 Å². The van der Waals surface area contributed by atoms with Gasteiger partial charge in [0.15, 0.2) is 0 Å². The summed E-state index contributed by atoms with van der Waals surface area (Å²) in [4.78, 5) is 12.1. The van der Waals surface area contributed by atoms with Crippen LogP contribution in [0.1, 0.15) is 13.3 Å². The van der Waals surface area contributed by atoms with Gasteiger partial charge in [0, 0.05) is 29.5 Å².